The predicted octanol–water partition coefficient (Wildman–Crippen LogP) is 2.73. The SMILES string of the molecule is Cc1nnc2ccc(N3CCSC(c4ccccc4)C3)nn12. The van der Waals surface area contributed by atoms with Crippen LogP contribution in [-0.4, -0.2) is 38.7 Å². The predicted molar refractivity (Wildman–Crippen MR) is 89.4 cm³/mol. The third kappa shape index (κ3) is 2.43. The van der Waals surface area contributed by atoms with Gasteiger partial charge in [-0.3, -0.25) is 0 Å². The molecule has 1 aliphatic heterocycles. The summed E-state index contributed by atoms with van der Waals surface area (Å²) in [5, 5.41) is 13.4. The van der Waals surface area contributed by atoms with Crippen LogP contribution in [0.1, 0.15) is 16.6 Å². The minimum absolute atomic E-state index is 0.495. The van der Waals surface area contributed by atoms with Crippen molar-refractivity contribution in [1.29, 1.82) is 0 Å². The molecule has 0 saturated carbocycles. The monoisotopic (exact) mass is 311 g/mol. The Hall–Kier alpha value is -2.08. The number of thioether (sulfide) groups is 1. The van der Waals surface area contributed by atoms with Gasteiger partial charge in [0.15, 0.2) is 11.5 Å². The van der Waals surface area contributed by atoms with E-state index in [9.17, 15) is 0 Å². The molecular formula is C16H17N5S. The maximum Gasteiger partial charge on any atom is 0.178 e. The topological polar surface area (TPSA) is 46.3 Å². The summed E-state index contributed by atoms with van der Waals surface area (Å²) in [6, 6.07) is 14.7. The van der Waals surface area contributed by atoms with Crippen LogP contribution in [-0.2, 0) is 0 Å². The van der Waals surface area contributed by atoms with Crippen LogP contribution in [0.3, 0.4) is 0 Å². The van der Waals surface area contributed by atoms with E-state index in [4.69, 9.17) is 5.10 Å². The fraction of sp³-hybridized carbons (Fsp3) is 0.312. The summed E-state index contributed by atoms with van der Waals surface area (Å²) in [4.78, 5) is 2.35. The van der Waals surface area contributed by atoms with E-state index < -0.39 is 0 Å². The molecule has 2 aromatic heterocycles. The van der Waals surface area contributed by atoms with Crippen molar-refractivity contribution in [2.75, 3.05) is 23.7 Å². The van der Waals surface area contributed by atoms with Crippen molar-refractivity contribution in [3.8, 4) is 0 Å². The van der Waals surface area contributed by atoms with Gasteiger partial charge < -0.3 is 4.90 Å². The summed E-state index contributed by atoms with van der Waals surface area (Å²) in [5.41, 5.74) is 2.19. The van der Waals surface area contributed by atoms with Crippen molar-refractivity contribution in [3.05, 3.63) is 53.9 Å². The zero-order chi connectivity index (χ0) is 14.9. The van der Waals surface area contributed by atoms with Crippen LogP contribution in [0.5, 0.6) is 0 Å². The average Bonchev–Trinajstić information content (AvgIpc) is 2.96. The summed E-state index contributed by atoms with van der Waals surface area (Å²) in [5.74, 6) is 2.93. The van der Waals surface area contributed by atoms with Crippen LogP contribution in [0, 0.1) is 6.92 Å². The minimum Gasteiger partial charge on any atom is -0.353 e. The van der Waals surface area contributed by atoms with Gasteiger partial charge in [-0.2, -0.15) is 16.3 Å². The van der Waals surface area contributed by atoms with Gasteiger partial charge in [0.05, 0.1) is 0 Å². The second-order valence-corrected chi connectivity index (χ2v) is 6.74. The first kappa shape index (κ1) is 13.6. The normalized spacial score (nSPS) is 18.8. The maximum atomic E-state index is 4.69. The van der Waals surface area contributed by atoms with Crippen molar-refractivity contribution in [1.82, 2.24) is 19.8 Å². The first-order valence-electron chi connectivity index (χ1n) is 7.42. The number of nitrogens with zero attached hydrogens (tertiary/aromatic N) is 5. The van der Waals surface area contributed by atoms with Gasteiger partial charge in [-0.05, 0) is 24.6 Å². The van der Waals surface area contributed by atoms with E-state index in [-0.39, 0.29) is 0 Å². The van der Waals surface area contributed by atoms with Gasteiger partial charge in [0.1, 0.15) is 5.82 Å². The number of anilines is 1. The maximum absolute atomic E-state index is 4.69. The Bertz CT molecular complexity index is 786. The Morgan fingerprint density at radius 2 is 1.95 bits per heavy atom. The highest BCUT2D eigenvalue weighted by atomic mass is 32.2. The van der Waals surface area contributed by atoms with E-state index in [0.29, 0.717) is 5.25 Å². The van der Waals surface area contributed by atoms with Crippen molar-refractivity contribution in [2.45, 2.75) is 12.2 Å². The Morgan fingerprint density at radius 3 is 2.82 bits per heavy atom. The van der Waals surface area contributed by atoms with Crippen molar-refractivity contribution in [3.63, 3.8) is 0 Å². The van der Waals surface area contributed by atoms with Gasteiger partial charge in [0, 0.05) is 24.1 Å². The Balaban J connectivity index is 1.62. The number of benzene rings is 1. The number of aryl methyl sites for hydroxylation is 1. The summed E-state index contributed by atoms with van der Waals surface area (Å²) in [7, 11) is 0. The summed E-state index contributed by atoms with van der Waals surface area (Å²) in [6.07, 6.45) is 0. The van der Waals surface area contributed by atoms with E-state index in [2.05, 4.69) is 45.4 Å². The fourth-order valence-electron chi connectivity index (χ4n) is 2.78. The molecule has 112 valence electrons. The molecule has 0 aliphatic carbocycles. The molecule has 1 aromatic carbocycles. The van der Waals surface area contributed by atoms with Crippen LogP contribution in [0.25, 0.3) is 5.65 Å². The van der Waals surface area contributed by atoms with E-state index in [1.54, 1.807) is 0 Å². The van der Waals surface area contributed by atoms with E-state index in [1.807, 2.05) is 35.3 Å². The Kier molecular flexibility index (Phi) is 3.46. The third-order valence-electron chi connectivity index (χ3n) is 3.97. The van der Waals surface area contributed by atoms with Gasteiger partial charge in [0.25, 0.3) is 0 Å². The quantitative estimate of drug-likeness (QED) is 0.728. The van der Waals surface area contributed by atoms with Crippen LogP contribution >= 0.6 is 11.8 Å². The molecule has 22 heavy (non-hydrogen) atoms. The summed E-state index contributed by atoms with van der Waals surface area (Å²) in [6.45, 7) is 3.93. The van der Waals surface area contributed by atoms with Crippen LogP contribution in [0.4, 0.5) is 5.82 Å². The number of hydrogen-bond acceptors (Lipinski definition) is 5. The van der Waals surface area contributed by atoms with E-state index >= 15 is 0 Å². The first-order chi connectivity index (χ1) is 10.8. The second kappa shape index (κ2) is 5.61. The van der Waals surface area contributed by atoms with Crippen LogP contribution in [0.15, 0.2) is 42.5 Å². The standard InChI is InChI=1S/C16H17N5S/c1-12-17-18-15-7-8-16(19-21(12)15)20-9-10-22-14(11-20)13-5-3-2-4-6-13/h2-8,14H,9-11H2,1H3. The molecule has 1 saturated heterocycles. The highest BCUT2D eigenvalue weighted by molar-refractivity contribution is 7.99. The molecule has 5 nitrogen and oxygen atoms in total. The molecule has 1 unspecified atom stereocenters. The fourth-order valence-corrected chi connectivity index (χ4v) is 4.03. The molecule has 1 fully saturated rings. The molecule has 4 rings (SSSR count). The number of hydrogen-bond donors (Lipinski definition) is 0. The molecule has 1 atom stereocenters. The Morgan fingerprint density at radius 1 is 1.09 bits per heavy atom. The third-order valence-corrected chi connectivity index (χ3v) is 5.21. The minimum atomic E-state index is 0.495. The molecule has 1 aliphatic rings. The lowest BCUT2D eigenvalue weighted by Gasteiger charge is -2.33. The summed E-state index contributed by atoms with van der Waals surface area (Å²) < 4.78 is 1.81. The second-order valence-electron chi connectivity index (χ2n) is 5.42. The van der Waals surface area contributed by atoms with Gasteiger partial charge in [-0.15, -0.1) is 15.3 Å². The highest BCUT2D eigenvalue weighted by Gasteiger charge is 2.23. The first-order valence-corrected chi connectivity index (χ1v) is 8.47. The summed E-state index contributed by atoms with van der Waals surface area (Å²) >= 11 is 2.02. The lowest BCUT2D eigenvalue weighted by molar-refractivity contribution is 0.741. The number of fused-ring (bicyclic) bond motifs is 1. The lowest BCUT2D eigenvalue weighted by atomic mass is 10.1. The molecule has 6 heteroatoms. The van der Waals surface area contributed by atoms with Gasteiger partial charge >= 0.3 is 0 Å². The van der Waals surface area contributed by atoms with Crippen LogP contribution in [0.2, 0.25) is 0 Å². The lowest BCUT2D eigenvalue weighted by Crippen LogP contribution is -2.35. The molecule has 0 amide bonds. The van der Waals surface area contributed by atoms with E-state index in [0.717, 1.165) is 36.1 Å². The van der Waals surface area contributed by atoms with Crippen molar-refractivity contribution < 1.29 is 0 Å². The largest absolute Gasteiger partial charge is 0.353 e. The van der Waals surface area contributed by atoms with E-state index in [1.165, 1.54) is 5.56 Å². The van der Waals surface area contributed by atoms with Crippen LogP contribution < -0.4 is 4.90 Å². The molecule has 0 radical (unpaired) electrons. The zero-order valence-electron chi connectivity index (χ0n) is 12.4. The molecule has 3 aromatic rings. The zero-order valence-corrected chi connectivity index (χ0v) is 13.2. The molecular weight excluding hydrogens is 294 g/mol. The van der Waals surface area contributed by atoms with Gasteiger partial charge in [-0.25, -0.2) is 0 Å². The van der Waals surface area contributed by atoms with Crippen molar-refractivity contribution in [2.24, 2.45) is 0 Å². The Labute approximate surface area is 133 Å². The average molecular weight is 311 g/mol. The van der Waals surface area contributed by atoms with Gasteiger partial charge in [0.2, 0.25) is 0 Å². The highest BCUT2D eigenvalue weighted by Crippen LogP contribution is 2.34. The molecule has 0 spiro atoms. The number of rotatable bonds is 2. The molecule has 0 N–H and O–H groups in total. The molecule has 0 bridgehead atoms. The smallest absolute Gasteiger partial charge is 0.178 e. The van der Waals surface area contributed by atoms with Crippen molar-refractivity contribution >= 4 is 23.2 Å². The number of aromatic nitrogens is 4. The van der Waals surface area contributed by atoms with Gasteiger partial charge in [-0.1, -0.05) is 30.3 Å². The molecule has 3 heterocycles.